The van der Waals surface area contributed by atoms with Gasteiger partial charge in [-0.1, -0.05) is 77.5 Å². The number of methoxy groups -OCH3 is 1. The number of allylic oxidation sites excluding steroid dienone is 4. The molecule has 1 unspecified atom stereocenters. The van der Waals surface area contributed by atoms with Crippen molar-refractivity contribution in [3.05, 3.63) is 94.7 Å². The van der Waals surface area contributed by atoms with Crippen LogP contribution in [0.5, 0.6) is 5.75 Å². The van der Waals surface area contributed by atoms with E-state index < -0.39 is 0 Å². The molecule has 0 radical (unpaired) electrons. The maximum atomic E-state index is 6.12. The minimum atomic E-state index is 0.750. The van der Waals surface area contributed by atoms with Crippen LogP contribution in [0.1, 0.15) is 45.2 Å². The molecule has 2 aromatic rings. The van der Waals surface area contributed by atoms with Gasteiger partial charge in [0.15, 0.2) is 0 Å². The Morgan fingerprint density at radius 1 is 1.17 bits per heavy atom. The zero-order valence-corrected chi connectivity index (χ0v) is 21.3. The molecule has 162 valence electrons. The van der Waals surface area contributed by atoms with Gasteiger partial charge in [0.25, 0.3) is 0 Å². The van der Waals surface area contributed by atoms with Crippen molar-refractivity contribution in [2.45, 2.75) is 41.0 Å². The zero-order chi connectivity index (χ0) is 23.1. The molecule has 0 aliphatic carbocycles. The summed E-state index contributed by atoms with van der Waals surface area (Å²) in [4.78, 5) is 0. The van der Waals surface area contributed by atoms with Gasteiger partial charge in [-0.15, -0.1) is 5.73 Å². The molecular formula is C27H36ClOP. The van der Waals surface area contributed by atoms with Crippen molar-refractivity contribution < 1.29 is 4.74 Å². The lowest BCUT2D eigenvalue weighted by molar-refractivity contribution is 0.412. The number of benzene rings is 2. The average Bonchev–Trinajstić information content (AvgIpc) is 2.78. The highest BCUT2D eigenvalue weighted by Gasteiger charge is 2.02. The highest BCUT2D eigenvalue weighted by Crippen LogP contribution is 2.25. The molecule has 0 spiro atoms. The third-order valence-electron chi connectivity index (χ3n) is 4.45. The van der Waals surface area contributed by atoms with Gasteiger partial charge in [-0.2, -0.15) is 0 Å². The van der Waals surface area contributed by atoms with E-state index in [9.17, 15) is 0 Å². The molecule has 1 atom stereocenters. The minimum Gasteiger partial charge on any atom is -0.496 e. The molecule has 2 aromatic carbocycles. The predicted molar refractivity (Wildman–Crippen MR) is 140 cm³/mol. The number of halogens is 1. The van der Waals surface area contributed by atoms with Crippen LogP contribution >= 0.6 is 20.2 Å². The molecular weight excluding hydrogens is 407 g/mol. The van der Waals surface area contributed by atoms with Gasteiger partial charge in [-0.05, 0) is 85.2 Å². The van der Waals surface area contributed by atoms with E-state index >= 15 is 0 Å². The predicted octanol–water partition coefficient (Wildman–Crippen LogP) is 8.38. The third-order valence-corrected chi connectivity index (χ3v) is 5.67. The summed E-state index contributed by atoms with van der Waals surface area (Å²) in [5.41, 5.74) is 8.38. The van der Waals surface area contributed by atoms with Crippen LogP contribution in [0, 0.1) is 6.92 Å². The Kier molecular flexibility index (Phi) is 14.7. The molecule has 0 aliphatic heterocycles. The number of ether oxygens (including phenoxy) is 1. The van der Waals surface area contributed by atoms with Crippen LogP contribution < -0.4 is 10.0 Å². The smallest absolute Gasteiger partial charge is 0.121 e. The van der Waals surface area contributed by atoms with E-state index in [1.54, 1.807) is 7.11 Å². The van der Waals surface area contributed by atoms with Gasteiger partial charge in [0, 0.05) is 5.02 Å². The van der Waals surface area contributed by atoms with Crippen LogP contribution in [0.3, 0.4) is 0 Å². The summed E-state index contributed by atoms with van der Waals surface area (Å²) in [7, 11) is 2.57. The second-order valence-electron chi connectivity index (χ2n) is 6.41. The summed E-state index contributed by atoms with van der Waals surface area (Å²) in [5, 5.41) is 2.14. The van der Waals surface area contributed by atoms with Crippen LogP contribution in [-0.2, 0) is 0 Å². The number of rotatable bonds is 6. The minimum absolute atomic E-state index is 0.750. The van der Waals surface area contributed by atoms with Gasteiger partial charge < -0.3 is 4.74 Å². The maximum Gasteiger partial charge on any atom is 0.121 e. The quantitative estimate of drug-likeness (QED) is 0.248. The van der Waals surface area contributed by atoms with Gasteiger partial charge in [0.05, 0.1) is 7.11 Å². The van der Waals surface area contributed by atoms with Crippen LogP contribution in [0.25, 0.3) is 5.57 Å². The summed E-state index contributed by atoms with van der Waals surface area (Å²) in [6.07, 6.45) is 2.91. The molecule has 0 amide bonds. The standard InChI is InChI=1S/C16H17Cl.C9H13OP.C2H6/c1-5-12(2)13(3)10-11-14(4)15-8-6-7-9-16(15)17;1-7-6-8(11-3)4-5-9(7)10-2;1-2/h6-10H,1,4,11H2,2-3H3;4-6,11H,1-3H3;1-2H3/b13-10+;;. The monoisotopic (exact) mass is 442 g/mol. The lowest BCUT2D eigenvalue weighted by atomic mass is 10.0. The average molecular weight is 443 g/mol. The zero-order valence-electron chi connectivity index (χ0n) is 19.5. The summed E-state index contributed by atoms with van der Waals surface area (Å²) in [6, 6.07) is 14.1. The molecule has 0 N–H and O–H groups in total. The number of hydrogen-bond donors (Lipinski definition) is 0. The van der Waals surface area contributed by atoms with Crippen molar-refractivity contribution in [3.63, 3.8) is 0 Å². The summed E-state index contributed by atoms with van der Waals surface area (Å²) < 4.78 is 5.15. The van der Waals surface area contributed by atoms with Crippen molar-refractivity contribution in [1.82, 2.24) is 0 Å². The van der Waals surface area contributed by atoms with Crippen LogP contribution in [-0.4, -0.2) is 13.8 Å². The first kappa shape index (κ1) is 28.0. The van der Waals surface area contributed by atoms with Crippen molar-refractivity contribution in [2.24, 2.45) is 0 Å². The molecule has 30 heavy (non-hydrogen) atoms. The normalized spacial score (nSPS) is 10.3. The van der Waals surface area contributed by atoms with Crippen LogP contribution in [0.4, 0.5) is 0 Å². The highest BCUT2D eigenvalue weighted by molar-refractivity contribution is 7.46. The second-order valence-corrected chi connectivity index (χ2v) is 7.90. The summed E-state index contributed by atoms with van der Waals surface area (Å²) >= 11 is 6.12. The maximum absolute atomic E-state index is 6.12. The molecule has 0 bridgehead atoms. The summed E-state index contributed by atoms with van der Waals surface area (Å²) in [5.74, 6) is 0.979. The highest BCUT2D eigenvalue weighted by atomic mass is 35.5. The summed E-state index contributed by atoms with van der Waals surface area (Å²) in [6.45, 7) is 20.0. The first-order valence-electron chi connectivity index (χ1n) is 10.1. The van der Waals surface area contributed by atoms with E-state index in [1.807, 2.05) is 58.0 Å². The van der Waals surface area contributed by atoms with Crippen molar-refractivity contribution >= 4 is 31.1 Å². The van der Waals surface area contributed by atoms with E-state index in [1.165, 1.54) is 16.4 Å². The molecule has 0 heterocycles. The Morgan fingerprint density at radius 2 is 1.80 bits per heavy atom. The lowest BCUT2D eigenvalue weighted by Gasteiger charge is -2.06. The largest absolute Gasteiger partial charge is 0.496 e. The Morgan fingerprint density at radius 3 is 2.30 bits per heavy atom. The number of aryl methyl sites for hydroxylation is 1. The number of hydrogen-bond acceptors (Lipinski definition) is 1. The SMILES string of the molecule is C=C=C(C)/C(C)=C/CC(=C)c1ccccc1Cl.CC.COc1ccc(PC)cc1C. The van der Waals surface area contributed by atoms with Gasteiger partial charge in [0.1, 0.15) is 5.75 Å². The molecule has 1 nitrogen and oxygen atoms in total. The van der Waals surface area contributed by atoms with Gasteiger partial charge in [-0.25, -0.2) is 0 Å². The Balaban J connectivity index is 0.000000557. The van der Waals surface area contributed by atoms with Crippen LogP contribution in [0.2, 0.25) is 5.02 Å². The first-order valence-corrected chi connectivity index (χ1v) is 12.0. The van der Waals surface area contributed by atoms with Gasteiger partial charge in [0.2, 0.25) is 0 Å². The lowest BCUT2D eigenvalue weighted by Crippen LogP contribution is -1.96. The van der Waals surface area contributed by atoms with E-state index in [2.05, 4.69) is 50.7 Å². The fourth-order valence-corrected chi connectivity index (χ4v) is 3.34. The van der Waals surface area contributed by atoms with Gasteiger partial charge >= 0.3 is 0 Å². The van der Waals surface area contributed by atoms with Crippen LogP contribution in [0.15, 0.2) is 78.6 Å². The van der Waals surface area contributed by atoms with E-state index in [0.717, 1.165) is 42.5 Å². The molecule has 0 aromatic heterocycles. The third kappa shape index (κ3) is 9.64. The fraction of sp³-hybridized carbons (Fsp3) is 0.296. The van der Waals surface area contributed by atoms with Crippen molar-refractivity contribution in [1.29, 1.82) is 0 Å². The molecule has 0 fully saturated rings. The Bertz CT molecular complexity index is 889. The molecule has 0 saturated carbocycles. The van der Waals surface area contributed by atoms with Crippen molar-refractivity contribution in [2.75, 3.05) is 13.8 Å². The van der Waals surface area contributed by atoms with Crippen molar-refractivity contribution in [3.8, 4) is 5.75 Å². The molecule has 2 rings (SSSR count). The Labute approximate surface area is 191 Å². The topological polar surface area (TPSA) is 9.23 Å². The Hall–Kier alpha value is -2.04. The molecule has 0 aliphatic rings. The molecule has 0 saturated heterocycles. The van der Waals surface area contributed by atoms with E-state index in [0.29, 0.717) is 0 Å². The fourth-order valence-electron chi connectivity index (χ4n) is 2.46. The second kappa shape index (κ2) is 15.8. The first-order chi connectivity index (χ1) is 14.3. The van der Waals surface area contributed by atoms with E-state index in [-0.39, 0.29) is 0 Å². The molecule has 3 heteroatoms. The van der Waals surface area contributed by atoms with Gasteiger partial charge in [-0.3, -0.25) is 0 Å². The van der Waals surface area contributed by atoms with E-state index in [4.69, 9.17) is 16.3 Å².